The molecule has 0 radical (unpaired) electrons. The molecule has 0 spiro atoms. The van der Waals surface area contributed by atoms with Gasteiger partial charge in [0, 0.05) is 11.3 Å². The molecule has 0 aliphatic carbocycles. The average Bonchev–Trinajstić information content (AvgIpc) is 2.93. The Morgan fingerprint density at radius 2 is 2.05 bits per heavy atom. The summed E-state index contributed by atoms with van der Waals surface area (Å²) < 4.78 is 5.68. The summed E-state index contributed by atoms with van der Waals surface area (Å²) in [5.41, 5.74) is 4.70. The fourth-order valence-electron chi connectivity index (χ4n) is 2.24. The number of amides is 1. The third-order valence-corrected chi connectivity index (χ3v) is 3.45. The molecule has 0 unspecified atom stereocenters. The maximum Gasteiger partial charge on any atom is 0.269 e. The highest BCUT2D eigenvalue weighted by Crippen LogP contribution is 2.25. The Morgan fingerprint density at radius 3 is 2.68 bits per heavy atom. The number of carbonyl (C=O) groups is 1. The van der Waals surface area contributed by atoms with Gasteiger partial charge in [-0.2, -0.15) is 5.10 Å². The lowest BCUT2D eigenvalue weighted by Crippen LogP contribution is -2.30. The van der Waals surface area contributed by atoms with Gasteiger partial charge in [-0.15, -0.1) is 0 Å². The minimum absolute atomic E-state index is 0.360. The normalized spacial score (nSPS) is 10.5. The van der Waals surface area contributed by atoms with E-state index in [9.17, 15) is 4.79 Å². The van der Waals surface area contributed by atoms with E-state index in [0.29, 0.717) is 17.0 Å². The first-order valence-corrected chi connectivity index (χ1v) is 7.46. The van der Waals surface area contributed by atoms with E-state index >= 15 is 0 Å². The minimum atomic E-state index is -0.360. The number of aromatic nitrogens is 2. The van der Waals surface area contributed by atoms with Crippen molar-refractivity contribution in [3.05, 3.63) is 35.5 Å². The summed E-state index contributed by atoms with van der Waals surface area (Å²) in [6.07, 6.45) is 3.40. The van der Waals surface area contributed by atoms with Crippen molar-refractivity contribution in [3.8, 4) is 17.0 Å². The van der Waals surface area contributed by atoms with Crippen molar-refractivity contribution in [1.29, 1.82) is 0 Å². The number of nitrogen functional groups attached to an aromatic ring is 1. The molecule has 1 aromatic heterocycles. The van der Waals surface area contributed by atoms with Crippen molar-refractivity contribution >= 4 is 5.91 Å². The predicted molar refractivity (Wildman–Crippen MR) is 85.4 cm³/mol. The lowest BCUT2D eigenvalue weighted by Gasteiger charge is -2.07. The van der Waals surface area contributed by atoms with E-state index in [1.54, 1.807) is 6.92 Å². The van der Waals surface area contributed by atoms with Crippen LogP contribution in [0.3, 0.4) is 0 Å². The zero-order valence-corrected chi connectivity index (χ0v) is 13.0. The van der Waals surface area contributed by atoms with Crippen LogP contribution in [-0.4, -0.2) is 22.7 Å². The maximum atomic E-state index is 11.8. The van der Waals surface area contributed by atoms with E-state index in [-0.39, 0.29) is 5.91 Å². The topological polar surface area (TPSA) is 93.0 Å². The fraction of sp³-hybridized carbons (Fsp3) is 0.375. The molecule has 0 aliphatic rings. The van der Waals surface area contributed by atoms with Crippen molar-refractivity contribution in [1.82, 2.24) is 15.6 Å². The Bertz CT molecular complexity index is 620. The number of benzene rings is 1. The third-order valence-electron chi connectivity index (χ3n) is 3.45. The lowest BCUT2D eigenvalue weighted by molar-refractivity contribution is 0.0954. The Hall–Kier alpha value is -2.34. The molecule has 2 rings (SSSR count). The van der Waals surface area contributed by atoms with Gasteiger partial charge in [-0.3, -0.25) is 15.3 Å². The second kappa shape index (κ2) is 7.61. The number of hydrogen-bond donors (Lipinski definition) is 3. The highest BCUT2D eigenvalue weighted by atomic mass is 16.5. The van der Waals surface area contributed by atoms with Gasteiger partial charge in [0.15, 0.2) is 0 Å². The zero-order chi connectivity index (χ0) is 15.9. The van der Waals surface area contributed by atoms with Crippen LogP contribution in [0.4, 0.5) is 0 Å². The largest absolute Gasteiger partial charge is 0.494 e. The first kappa shape index (κ1) is 16.0. The SMILES string of the molecule is CCCCCOc1ccc(-c2n[nH]c(C)c2C(=O)NN)cc1. The van der Waals surface area contributed by atoms with E-state index in [4.69, 9.17) is 10.6 Å². The smallest absolute Gasteiger partial charge is 0.269 e. The highest BCUT2D eigenvalue weighted by Gasteiger charge is 2.18. The molecule has 0 aliphatic heterocycles. The number of hydrazine groups is 1. The average molecular weight is 302 g/mol. The summed E-state index contributed by atoms with van der Waals surface area (Å²) in [7, 11) is 0. The maximum absolute atomic E-state index is 11.8. The van der Waals surface area contributed by atoms with Crippen LogP contribution < -0.4 is 16.0 Å². The Morgan fingerprint density at radius 1 is 1.32 bits per heavy atom. The molecule has 0 saturated heterocycles. The molecule has 118 valence electrons. The van der Waals surface area contributed by atoms with E-state index < -0.39 is 0 Å². The number of nitrogens with two attached hydrogens (primary N) is 1. The number of aryl methyl sites for hydroxylation is 1. The van der Waals surface area contributed by atoms with Crippen LogP contribution in [0.15, 0.2) is 24.3 Å². The molecule has 0 atom stereocenters. The minimum Gasteiger partial charge on any atom is -0.494 e. The second-order valence-electron chi connectivity index (χ2n) is 5.13. The number of unbranched alkanes of at least 4 members (excludes halogenated alkanes) is 2. The number of rotatable bonds is 7. The van der Waals surface area contributed by atoms with Gasteiger partial charge < -0.3 is 4.74 Å². The van der Waals surface area contributed by atoms with Gasteiger partial charge >= 0.3 is 0 Å². The summed E-state index contributed by atoms with van der Waals surface area (Å²) in [5, 5.41) is 7.01. The highest BCUT2D eigenvalue weighted by molar-refractivity contribution is 6.00. The Labute approximate surface area is 130 Å². The van der Waals surface area contributed by atoms with Crippen LogP contribution in [0.2, 0.25) is 0 Å². The standard InChI is InChI=1S/C16H22N4O2/c1-3-4-5-10-22-13-8-6-12(7-9-13)15-14(16(21)18-17)11(2)19-20-15/h6-9H,3-5,10,17H2,1-2H3,(H,18,21)(H,19,20). The molecule has 2 aromatic rings. The second-order valence-corrected chi connectivity index (χ2v) is 5.13. The molecule has 1 amide bonds. The number of nitrogens with one attached hydrogen (secondary N) is 2. The first-order valence-electron chi connectivity index (χ1n) is 7.46. The molecule has 6 nitrogen and oxygen atoms in total. The molecule has 0 saturated carbocycles. The van der Waals surface area contributed by atoms with E-state index in [1.165, 1.54) is 12.8 Å². The predicted octanol–water partition coefficient (Wildman–Crippen LogP) is 2.56. The van der Waals surface area contributed by atoms with E-state index in [0.717, 1.165) is 24.3 Å². The lowest BCUT2D eigenvalue weighted by atomic mass is 10.1. The number of carbonyl (C=O) groups excluding carboxylic acids is 1. The van der Waals surface area contributed by atoms with Crippen molar-refractivity contribution in [3.63, 3.8) is 0 Å². The van der Waals surface area contributed by atoms with Gasteiger partial charge in [0.2, 0.25) is 0 Å². The van der Waals surface area contributed by atoms with Crippen molar-refractivity contribution in [2.24, 2.45) is 5.84 Å². The monoisotopic (exact) mass is 302 g/mol. The summed E-state index contributed by atoms with van der Waals surface area (Å²) >= 11 is 0. The van der Waals surface area contributed by atoms with Crippen molar-refractivity contribution in [2.75, 3.05) is 6.61 Å². The summed E-state index contributed by atoms with van der Waals surface area (Å²) in [4.78, 5) is 11.8. The van der Waals surface area contributed by atoms with Crippen molar-refractivity contribution < 1.29 is 9.53 Å². The van der Waals surface area contributed by atoms with Crippen LogP contribution in [-0.2, 0) is 0 Å². The van der Waals surface area contributed by atoms with Gasteiger partial charge in [-0.05, 0) is 37.6 Å². The van der Waals surface area contributed by atoms with E-state index in [1.807, 2.05) is 24.3 Å². The zero-order valence-electron chi connectivity index (χ0n) is 13.0. The number of ether oxygens (including phenoxy) is 1. The van der Waals surface area contributed by atoms with Crippen LogP contribution in [0, 0.1) is 6.92 Å². The molecule has 0 bridgehead atoms. The number of H-pyrrole nitrogens is 1. The van der Waals surface area contributed by atoms with Gasteiger partial charge in [-0.25, -0.2) is 5.84 Å². The summed E-state index contributed by atoms with van der Waals surface area (Å²) in [6, 6.07) is 7.54. The number of aromatic amines is 1. The first-order chi connectivity index (χ1) is 10.7. The number of nitrogens with zero attached hydrogens (tertiary/aromatic N) is 1. The van der Waals surface area contributed by atoms with Gasteiger partial charge in [0.05, 0.1) is 12.2 Å². The molecule has 4 N–H and O–H groups in total. The van der Waals surface area contributed by atoms with Gasteiger partial charge in [0.25, 0.3) is 5.91 Å². The van der Waals surface area contributed by atoms with Crippen LogP contribution in [0.1, 0.15) is 42.2 Å². The number of hydrogen-bond acceptors (Lipinski definition) is 4. The molecular formula is C16H22N4O2. The fourth-order valence-corrected chi connectivity index (χ4v) is 2.24. The molecule has 0 fully saturated rings. The third kappa shape index (κ3) is 3.65. The molecule has 1 heterocycles. The Kier molecular flexibility index (Phi) is 5.55. The van der Waals surface area contributed by atoms with Gasteiger partial charge in [-0.1, -0.05) is 19.8 Å². The molecular weight excluding hydrogens is 280 g/mol. The quantitative estimate of drug-likeness (QED) is 0.317. The molecule has 1 aromatic carbocycles. The summed E-state index contributed by atoms with van der Waals surface area (Å²) in [5.74, 6) is 5.68. The van der Waals surface area contributed by atoms with Crippen LogP contribution in [0.25, 0.3) is 11.3 Å². The van der Waals surface area contributed by atoms with E-state index in [2.05, 4.69) is 22.5 Å². The molecule has 22 heavy (non-hydrogen) atoms. The van der Waals surface area contributed by atoms with Crippen LogP contribution in [0.5, 0.6) is 5.75 Å². The molecule has 6 heteroatoms. The Balaban J connectivity index is 2.12. The van der Waals surface area contributed by atoms with Gasteiger partial charge in [0.1, 0.15) is 11.4 Å². The van der Waals surface area contributed by atoms with Crippen LogP contribution >= 0.6 is 0 Å². The summed E-state index contributed by atoms with van der Waals surface area (Å²) in [6.45, 7) is 4.66. The van der Waals surface area contributed by atoms with Crippen molar-refractivity contribution in [2.45, 2.75) is 33.1 Å².